The summed E-state index contributed by atoms with van der Waals surface area (Å²) in [5, 5.41) is 5.21. The maximum absolute atomic E-state index is 12.3. The minimum atomic E-state index is -0.198. The predicted octanol–water partition coefficient (Wildman–Crippen LogP) is 4.14. The molecule has 25 heavy (non-hydrogen) atoms. The molecule has 124 valence electrons. The number of fused-ring (bicyclic) bond motifs is 2. The van der Waals surface area contributed by atoms with E-state index >= 15 is 0 Å². The van der Waals surface area contributed by atoms with Gasteiger partial charge in [-0.25, -0.2) is 4.98 Å². The normalized spacial score (nSPS) is 11.3. The number of para-hydroxylation sites is 1. The summed E-state index contributed by atoms with van der Waals surface area (Å²) in [5.74, 6) is 0.0637. The van der Waals surface area contributed by atoms with Gasteiger partial charge in [0.1, 0.15) is 5.69 Å². The first-order valence-corrected chi connectivity index (χ1v) is 8.44. The average molecular weight is 397 g/mol. The number of benzene rings is 2. The Hall–Kier alpha value is -2.80. The fraction of sp³-hybridized carbons (Fsp3) is 0.111. The van der Waals surface area contributed by atoms with Crippen molar-refractivity contribution in [2.24, 2.45) is 0 Å². The second-order valence-electron chi connectivity index (χ2n) is 5.72. The van der Waals surface area contributed by atoms with Crippen LogP contribution in [0, 0.1) is 0 Å². The molecule has 6 nitrogen and oxygen atoms in total. The Morgan fingerprint density at radius 3 is 2.48 bits per heavy atom. The second kappa shape index (κ2) is 5.63. The highest BCUT2D eigenvalue weighted by Gasteiger charge is 2.22. The highest BCUT2D eigenvalue weighted by Crippen LogP contribution is 2.31. The molecule has 4 rings (SSSR count). The molecule has 0 fully saturated rings. The summed E-state index contributed by atoms with van der Waals surface area (Å²) in [7, 11) is 0. The summed E-state index contributed by atoms with van der Waals surface area (Å²) in [6.45, 7) is 2.94. The molecule has 0 aliphatic heterocycles. The fourth-order valence-electron chi connectivity index (χ4n) is 3.00. The molecule has 7 heteroatoms. The Labute approximate surface area is 151 Å². The van der Waals surface area contributed by atoms with Crippen LogP contribution < -0.4 is 0 Å². The van der Waals surface area contributed by atoms with Crippen LogP contribution in [0.15, 0.2) is 46.9 Å². The number of aromatic nitrogens is 4. The third-order valence-corrected chi connectivity index (χ3v) is 4.52. The highest BCUT2D eigenvalue weighted by atomic mass is 79.9. The van der Waals surface area contributed by atoms with E-state index in [4.69, 9.17) is 0 Å². The molecule has 0 N–H and O–H groups in total. The van der Waals surface area contributed by atoms with Crippen LogP contribution in [0.1, 0.15) is 23.4 Å². The lowest BCUT2D eigenvalue weighted by molar-refractivity contribution is 0.0925. The van der Waals surface area contributed by atoms with Crippen molar-refractivity contribution in [3.05, 3.63) is 46.9 Å². The first-order valence-electron chi connectivity index (χ1n) is 7.65. The molecule has 0 bridgehead atoms. The van der Waals surface area contributed by atoms with Gasteiger partial charge in [0.05, 0.1) is 16.6 Å². The molecule has 0 saturated heterocycles. The largest absolute Gasteiger partial charge is 0.274 e. The van der Waals surface area contributed by atoms with Crippen LogP contribution in [0.4, 0.5) is 0 Å². The maximum atomic E-state index is 12.3. The number of carbonyl (C=O) groups excluding carboxylic acids is 2. The fourth-order valence-corrected chi connectivity index (χ4v) is 3.35. The van der Waals surface area contributed by atoms with Gasteiger partial charge in [0.25, 0.3) is 0 Å². The Bertz CT molecular complexity index is 1170. The van der Waals surface area contributed by atoms with Crippen molar-refractivity contribution in [2.75, 3.05) is 0 Å². The van der Waals surface area contributed by atoms with Crippen molar-refractivity contribution in [1.29, 1.82) is 0 Å². The number of carbonyl (C=O) groups is 2. The highest BCUT2D eigenvalue weighted by molar-refractivity contribution is 9.10. The molecule has 0 unspecified atom stereocenters. The van der Waals surface area contributed by atoms with Crippen molar-refractivity contribution in [3.8, 4) is 11.5 Å². The van der Waals surface area contributed by atoms with Gasteiger partial charge >= 0.3 is 0 Å². The first kappa shape index (κ1) is 15.7. The minimum absolute atomic E-state index is 0.165. The van der Waals surface area contributed by atoms with E-state index < -0.39 is 0 Å². The Kier molecular flexibility index (Phi) is 3.54. The van der Waals surface area contributed by atoms with Crippen LogP contribution in [-0.4, -0.2) is 31.1 Å². The van der Waals surface area contributed by atoms with Gasteiger partial charge < -0.3 is 0 Å². The molecule has 4 aromatic rings. The van der Waals surface area contributed by atoms with E-state index in [0.717, 1.165) is 9.86 Å². The lowest BCUT2D eigenvalue weighted by Crippen LogP contribution is -2.09. The predicted molar refractivity (Wildman–Crippen MR) is 98.8 cm³/mol. The number of rotatable bonds is 1. The van der Waals surface area contributed by atoms with Gasteiger partial charge in [0, 0.05) is 23.7 Å². The summed E-state index contributed by atoms with van der Waals surface area (Å²) in [6.07, 6.45) is 0. The van der Waals surface area contributed by atoms with Gasteiger partial charge in [-0.05, 0) is 24.3 Å². The molecule has 0 aliphatic carbocycles. The maximum Gasteiger partial charge on any atom is 0.244 e. The van der Waals surface area contributed by atoms with E-state index in [1.54, 1.807) is 0 Å². The van der Waals surface area contributed by atoms with Crippen molar-refractivity contribution < 1.29 is 9.59 Å². The van der Waals surface area contributed by atoms with Crippen LogP contribution >= 0.6 is 15.9 Å². The lowest BCUT2D eigenvalue weighted by atomic mass is 10.2. The third-order valence-electron chi connectivity index (χ3n) is 4.03. The number of imidazole rings is 1. The Balaban J connectivity index is 2.12. The Morgan fingerprint density at radius 1 is 1.00 bits per heavy atom. The zero-order chi connectivity index (χ0) is 17.7. The molecule has 0 radical (unpaired) electrons. The number of hydrogen-bond acceptors (Lipinski definition) is 4. The topological polar surface area (TPSA) is 69.8 Å². The molecule has 2 aromatic carbocycles. The van der Waals surface area contributed by atoms with E-state index in [0.29, 0.717) is 28.1 Å². The standard InChI is InChI=1S/C18H13BrN4O2/c1-10(24)22-16-8-7-12(19)9-14(16)20-18(22)17-13-5-3-4-6-15(13)23(21-17)11(2)25/h3-9H,1-2H3. The van der Waals surface area contributed by atoms with Gasteiger partial charge in [0.15, 0.2) is 5.82 Å². The second-order valence-corrected chi connectivity index (χ2v) is 6.64. The number of hydrogen-bond donors (Lipinski definition) is 0. The molecule has 0 atom stereocenters. The van der Waals surface area contributed by atoms with Crippen LogP contribution in [0.25, 0.3) is 33.5 Å². The SMILES string of the molecule is CC(=O)n1nc(-c2nc3cc(Br)ccc3n2C(C)=O)c2ccccc21. The summed E-state index contributed by atoms with van der Waals surface area (Å²) >= 11 is 3.42. The number of nitrogens with zero attached hydrogens (tertiary/aromatic N) is 4. The minimum Gasteiger partial charge on any atom is -0.274 e. The quantitative estimate of drug-likeness (QED) is 0.484. The average Bonchev–Trinajstić information content (AvgIpc) is 3.12. The zero-order valence-corrected chi connectivity index (χ0v) is 15.1. The van der Waals surface area contributed by atoms with Gasteiger partial charge in [0.2, 0.25) is 11.8 Å². The van der Waals surface area contributed by atoms with Gasteiger partial charge in [-0.15, -0.1) is 0 Å². The molecular formula is C18H13BrN4O2. The third kappa shape index (κ3) is 2.39. The molecule has 2 heterocycles. The van der Waals surface area contributed by atoms with E-state index in [9.17, 15) is 9.59 Å². The Morgan fingerprint density at radius 2 is 1.76 bits per heavy atom. The van der Waals surface area contributed by atoms with Crippen LogP contribution in [0.2, 0.25) is 0 Å². The smallest absolute Gasteiger partial charge is 0.244 e. The van der Waals surface area contributed by atoms with Crippen LogP contribution in [0.5, 0.6) is 0 Å². The molecular weight excluding hydrogens is 384 g/mol. The van der Waals surface area contributed by atoms with Gasteiger partial charge in [-0.2, -0.15) is 9.78 Å². The van der Waals surface area contributed by atoms with Crippen molar-refractivity contribution >= 4 is 49.7 Å². The molecule has 0 amide bonds. The summed E-state index contributed by atoms with van der Waals surface area (Å²) in [6, 6.07) is 13.0. The van der Waals surface area contributed by atoms with Gasteiger partial charge in [-0.3, -0.25) is 14.2 Å². The van der Waals surface area contributed by atoms with Crippen molar-refractivity contribution in [1.82, 2.24) is 19.3 Å². The van der Waals surface area contributed by atoms with Gasteiger partial charge in [-0.1, -0.05) is 34.1 Å². The van der Waals surface area contributed by atoms with Crippen LogP contribution in [0.3, 0.4) is 0 Å². The van der Waals surface area contributed by atoms with E-state index in [1.165, 1.54) is 23.1 Å². The molecule has 0 spiro atoms. The first-order chi connectivity index (χ1) is 12.0. The molecule has 0 saturated carbocycles. The molecule has 2 aromatic heterocycles. The summed E-state index contributed by atoms with van der Waals surface area (Å²) in [4.78, 5) is 28.8. The monoisotopic (exact) mass is 396 g/mol. The van der Waals surface area contributed by atoms with E-state index in [2.05, 4.69) is 26.0 Å². The van der Waals surface area contributed by atoms with Crippen molar-refractivity contribution in [2.45, 2.75) is 13.8 Å². The van der Waals surface area contributed by atoms with E-state index in [-0.39, 0.29) is 11.8 Å². The summed E-state index contributed by atoms with van der Waals surface area (Å²) < 4.78 is 3.74. The lowest BCUT2D eigenvalue weighted by Gasteiger charge is -2.02. The van der Waals surface area contributed by atoms with Crippen LogP contribution in [-0.2, 0) is 0 Å². The van der Waals surface area contributed by atoms with E-state index in [1.807, 2.05) is 42.5 Å². The summed E-state index contributed by atoms with van der Waals surface area (Å²) in [5.41, 5.74) is 2.58. The zero-order valence-electron chi connectivity index (χ0n) is 13.5. The van der Waals surface area contributed by atoms with Crippen molar-refractivity contribution in [3.63, 3.8) is 0 Å². The number of halogens is 1. The molecule has 0 aliphatic rings.